The summed E-state index contributed by atoms with van der Waals surface area (Å²) in [4.78, 5) is 0. The van der Waals surface area contributed by atoms with Crippen molar-refractivity contribution in [1.82, 2.24) is 0 Å². The second-order valence-electron chi connectivity index (χ2n) is 2.35. The van der Waals surface area contributed by atoms with Crippen LogP contribution in [0, 0.1) is 0 Å². The topological polar surface area (TPSA) is 9.23 Å². The fraction of sp³-hybridized carbons (Fsp3) is 0.500. The van der Waals surface area contributed by atoms with Crippen molar-refractivity contribution in [2.45, 2.75) is 18.7 Å². The van der Waals surface area contributed by atoms with E-state index in [1.807, 2.05) is 0 Å². The highest BCUT2D eigenvalue weighted by Crippen LogP contribution is 2.23. The van der Waals surface area contributed by atoms with Crippen LogP contribution in [0.25, 0.3) is 0 Å². The highest BCUT2D eigenvalue weighted by molar-refractivity contribution is 5.09. The summed E-state index contributed by atoms with van der Waals surface area (Å²) in [6, 6.07) is 0. The van der Waals surface area contributed by atoms with Crippen molar-refractivity contribution in [2.75, 3.05) is 7.11 Å². The van der Waals surface area contributed by atoms with E-state index in [4.69, 9.17) is 0 Å². The van der Waals surface area contributed by atoms with Crippen molar-refractivity contribution in [3.8, 4) is 0 Å². The Kier molecular flexibility index (Phi) is 4.69. The van der Waals surface area contributed by atoms with Gasteiger partial charge in [-0.15, -0.1) is 0 Å². The standard InChI is InChI=1S/C8H10F4O/c1-3-6(9)4-7(13-2)5-8(10,11)12/h3-4,7H,1,5H2,2H3. The predicted octanol–water partition coefficient (Wildman–Crippen LogP) is 2.99. The molecule has 0 N–H and O–H groups in total. The molecular weight excluding hydrogens is 188 g/mol. The minimum absolute atomic E-state index is 0.737. The number of methoxy groups -OCH3 is 1. The van der Waals surface area contributed by atoms with Crippen molar-refractivity contribution in [3.05, 3.63) is 24.6 Å². The highest BCUT2D eigenvalue weighted by atomic mass is 19.4. The zero-order chi connectivity index (χ0) is 10.5. The number of rotatable bonds is 4. The lowest BCUT2D eigenvalue weighted by atomic mass is 10.2. The summed E-state index contributed by atoms with van der Waals surface area (Å²) in [6.45, 7) is 3.06. The first kappa shape index (κ1) is 12.2. The van der Waals surface area contributed by atoms with Crippen molar-refractivity contribution in [1.29, 1.82) is 0 Å². The Labute approximate surface area is 73.7 Å². The van der Waals surface area contributed by atoms with Gasteiger partial charge < -0.3 is 4.74 Å². The second kappa shape index (κ2) is 5.01. The Morgan fingerprint density at radius 1 is 1.54 bits per heavy atom. The monoisotopic (exact) mass is 198 g/mol. The lowest BCUT2D eigenvalue weighted by Crippen LogP contribution is -2.19. The third kappa shape index (κ3) is 6.33. The van der Waals surface area contributed by atoms with Crippen LogP contribution in [-0.4, -0.2) is 19.4 Å². The molecule has 0 aliphatic carbocycles. The maximum Gasteiger partial charge on any atom is 0.391 e. The summed E-state index contributed by atoms with van der Waals surface area (Å²) in [7, 11) is 1.09. The quantitative estimate of drug-likeness (QED) is 0.498. The summed E-state index contributed by atoms with van der Waals surface area (Å²) < 4.78 is 52.2. The number of ether oxygens (including phenoxy) is 1. The first-order valence-electron chi connectivity index (χ1n) is 3.48. The Morgan fingerprint density at radius 3 is 2.38 bits per heavy atom. The number of hydrogen-bond acceptors (Lipinski definition) is 1. The summed E-state index contributed by atoms with van der Waals surface area (Å²) in [5.41, 5.74) is 0. The third-order valence-electron chi connectivity index (χ3n) is 1.28. The van der Waals surface area contributed by atoms with E-state index in [9.17, 15) is 17.6 Å². The number of allylic oxidation sites excluding steroid dienone is 2. The molecule has 0 fully saturated rings. The number of halogens is 4. The molecule has 1 nitrogen and oxygen atoms in total. The van der Waals surface area contributed by atoms with Gasteiger partial charge in [-0.3, -0.25) is 0 Å². The lowest BCUT2D eigenvalue weighted by Gasteiger charge is -2.13. The third-order valence-corrected chi connectivity index (χ3v) is 1.28. The molecule has 0 bridgehead atoms. The molecule has 1 unspecified atom stereocenters. The average Bonchev–Trinajstić information content (AvgIpc) is 2.00. The van der Waals surface area contributed by atoms with E-state index in [0.717, 1.165) is 19.3 Å². The van der Waals surface area contributed by atoms with Crippen LogP contribution in [0.1, 0.15) is 6.42 Å². The van der Waals surface area contributed by atoms with Gasteiger partial charge in [-0.25, -0.2) is 4.39 Å². The SMILES string of the molecule is C=CC(F)=CC(CC(F)(F)F)OC. The predicted molar refractivity (Wildman–Crippen MR) is 40.9 cm³/mol. The van der Waals surface area contributed by atoms with E-state index in [-0.39, 0.29) is 0 Å². The van der Waals surface area contributed by atoms with Gasteiger partial charge >= 0.3 is 6.18 Å². The Morgan fingerprint density at radius 2 is 2.08 bits per heavy atom. The molecule has 0 aromatic carbocycles. The fourth-order valence-electron chi connectivity index (χ4n) is 0.684. The van der Waals surface area contributed by atoms with Crippen LogP contribution in [0.2, 0.25) is 0 Å². The molecule has 0 saturated carbocycles. The Bertz CT molecular complexity index is 195. The van der Waals surface area contributed by atoms with Crippen LogP contribution >= 0.6 is 0 Å². The van der Waals surface area contributed by atoms with Crippen molar-refractivity contribution in [3.63, 3.8) is 0 Å². The van der Waals surface area contributed by atoms with Crippen LogP contribution in [0.15, 0.2) is 24.6 Å². The van der Waals surface area contributed by atoms with E-state index in [0.29, 0.717) is 0 Å². The normalized spacial score (nSPS) is 15.6. The molecule has 5 heteroatoms. The summed E-state index contributed by atoms with van der Waals surface area (Å²) >= 11 is 0. The van der Waals surface area contributed by atoms with Crippen molar-refractivity contribution in [2.24, 2.45) is 0 Å². The minimum atomic E-state index is -4.36. The summed E-state index contributed by atoms with van der Waals surface area (Å²) in [5.74, 6) is -0.823. The number of hydrogen-bond donors (Lipinski definition) is 0. The van der Waals surface area contributed by atoms with Crippen LogP contribution in [0.3, 0.4) is 0 Å². The van der Waals surface area contributed by atoms with E-state index in [1.165, 1.54) is 0 Å². The van der Waals surface area contributed by atoms with Crippen molar-refractivity contribution < 1.29 is 22.3 Å². The molecule has 0 rings (SSSR count). The molecule has 76 valence electrons. The molecule has 0 heterocycles. The van der Waals surface area contributed by atoms with Crippen LogP contribution < -0.4 is 0 Å². The fourth-order valence-corrected chi connectivity index (χ4v) is 0.684. The van der Waals surface area contributed by atoms with Crippen LogP contribution in [-0.2, 0) is 4.74 Å². The van der Waals surface area contributed by atoms with E-state index in [2.05, 4.69) is 11.3 Å². The molecule has 0 aromatic heterocycles. The van der Waals surface area contributed by atoms with Gasteiger partial charge in [0.05, 0.1) is 12.5 Å². The number of alkyl halides is 3. The van der Waals surface area contributed by atoms with Crippen LogP contribution in [0.4, 0.5) is 17.6 Å². The molecule has 0 amide bonds. The molecule has 0 aliphatic rings. The van der Waals surface area contributed by atoms with Gasteiger partial charge in [-0.05, 0) is 12.2 Å². The highest BCUT2D eigenvalue weighted by Gasteiger charge is 2.31. The van der Waals surface area contributed by atoms with E-state index < -0.39 is 24.5 Å². The second-order valence-corrected chi connectivity index (χ2v) is 2.35. The molecule has 0 aromatic rings. The molecule has 0 radical (unpaired) electrons. The van der Waals surface area contributed by atoms with Gasteiger partial charge in [-0.1, -0.05) is 6.58 Å². The van der Waals surface area contributed by atoms with E-state index >= 15 is 0 Å². The minimum Gasteiger partial charge on any atom is -0.377 e. The lowest BCUT2D eigenvalue weighted by molar-refractivity contribution is -0.151. The van der Waals surface area contributed by atoms with Crippen LogP contribution in [0.5, 0.6) is 0 Å². The molecule has 0 spiro atoms. The molecule has 0 saturated heterocycles. The molecule has 13 heavy (non-hydrogen) atoms. The first-order chi connectivity index (χ1) is 5.89. The Balaban J connectivity index is 4.28. The maximum absolute atomic E-state index is 12.4. The smallest absolute Gasteiger partial charge is 0.377 e. The maximum atomic E-state index is 12.4. The zero-order valence-corrected chi connectivity index (χ0v) is 7.07. The van der Waals surface area contributed by atoms with Gasteiger partial charge in [0.2, 0.25) is 0 Å². The molecular formula is C8H10F4O. The summed E-state index contributed by atoms with van der Waals surface area (Å²) in [5, 5.41) is 0. The van der Waals surface area contributed by atoms with Gasteiger partial charge in [0, 0.05) is 7.11 Å². The molecule has 0 aliphatic heterocycles. The van der Waals surface area contributed by atoms with Gasteiger partial charge in [0.1, 0.15) is 5.83 Å². The Hall–Kier alpha value is -0.840. The van der Waals surface area contributed by atoms with Crippen molar-refractivity contribution >= 4 is 0 Å². The molecule has 1 atom stereocenters. The van der Waals surface area contributed by atoms with Gasteiger partial charge in [-0.2, -0.15) is 13.2 Å². The van der Waals surface area contributed by atoms with E-state index in [1.54, 1.807) is 0 Å². The summed E-state index contributed by atoms with van der Waals surface area (Å²) in [6.07, 6.45) is -5.30. The average molecular weight is 198 g/mol. The zero-order valence-electron chi connectivity index (χ0n) is 7.07. The largest absolute Gasteiger partial charge is 0.391 e. The first-order valence-corrected chi connectivity index (χ1v) is 3.48. The van der Waals surface area contributed by atoms with Gasteiger partial charge in [0.25, 0.3) is 0 Å². The van der Waals surface area contributed by atoms with Gasteiger partial charge in [0.15, 0.2) is 0 Å².